The fraction of sp³-hybridized carbons (Fsp3) is 0.231. The average molecular weight is 339 g/mol. The van der Waals surface area contributed by atoms with E-state index in [2.05, 4.69) is 27.0 Å². The van der Waals surface area contributed by atoms with Crippen molar-refractivity contribution >= 4 is 27.3 Å². The van der Waals surface area contributed by atoms with Crippen molar-refractivity contribution < 1.29 is 9.47 Å². The molecule has 1 aromatic heterocycles. The molecule has 2 rings (SSSR count). The molecule has 19 heavy (non-hydrogen) atoms. The van der Waals surface area contributed by atoms with E-state index in [1.807, 2.05) is 18.2 Å². The molecule has 1 heterocycles. The summed E-state index contributed by atoms with van der Waals surface area (Å²) in [5, 5.41) is 9.58. The van der Waals surface area contributed by atoms with Crippen LogP contribution < -0.4 is 9.47 Å². The molecule has 0 amide bonds. The number of aromatic nitrogens is 1. The van der Waals surface area contributed by atoms with Gasteiger partial charge in [0.1, 0.15) is 21.1 Å². The molecule has 1 aromatic carbocycles. The molecule has 0 bridgehead atoms. The zero-order chi connectivity index (χ0) is 13.8. The summed E-state index contributed by atoms with van der Waals surface area (Å²) in [5.74, 6) is 1.43. The lowest BCUT2D eigenvalue weighted by Crippen LogP contribution is -1.89. The maximum Gasteiger partial charge on any atom is 0.132 e. The zero-order valence-electron chi connectivity index (χ0n) is 10.4. The van der Waals surface area contributed by atoms with Crippen LogP contribution in [0.25, 0.3) is 10.6 Å². The Bertz CT molecular complexity index is 634. The van der Waals surface area contributed by atoms with Gasteiger partial charge in [-0.3, -0.25) is 0 Å². The van der Waals surface area contributed by atoms with Gasteiger partial charge >= 0.3 is 0 Å². The second kappa shape index (κ2) is 6.04. The Kier molecular flexibility index (Phi) is 4.40. The van der Waals surface area contributed by atoms with Crippen LogP contribution in [0.5, 0.6) is 11.5 Å². The first-order chi connectivity index (χ1) is 9.19. The van der Waals surface area contributed by atoms with Crippen molar-refractivity contribution in [2.75, 3.05) is 14.2 Å². The van der Waals surface area contributed by atoms with Crippen molar-refractivity contribution in [3.63, 3.8) is 0 Å². The van der Waals surface area contributed by atoms with E-state index in [4.69, 9.17) is 14.7 Å². The molecule has 2 aromatic rings. The van der Waals surface area contributed by atoms with Gasteiger partial charge < -0.3 is 9.47 Å². The number of hydrogen-bond donors (Lipinski definition) is 0. The largest absolute Gasteiger partial charge is 0.497 e. The van der Waals surface area contributed by atoms with Gasteiger partial charge in [-0.15, -0.1) is 11.3 Å². The second-order valence-corrected chi connectivity index (χ2v) is 5.47. The molecular weight excluding hydrogens is 328 g/mol. The number of methoxy groups -OCH3 is 2. The van der Waals surface area contributed by atoms with E-state index in [-0.39, 0.29) is 0 Å². The first-order valence-corrected chi connectivity index (χ1v) is 7.05. The predicted octanol–water partition coefficient (Wildman–Crippen LogP) is 3.66. The van der Waals surface area contributed by atoms with E-state index < -0.39 is 0 Å². The lowest BCUT2D eigenvalue weighted by Gasteiger charge is -2.08. The van der Waals surface area contributed by atoms with E-state index in [9.17, 15) is 0 Å². The molecule has 4 nitrogen and oxygen atoms in total. The number of thiazole rings is 1. The van der Waals surface area contributed by atoms with Crippen LogP contribution in [0.2, 0.25) is 0 Å². The van der Waals surface area contributed by atoms with E-state index in [1.54, 1.807) is 14.2 Å². The van der Waals surface area contributed by atoms with Crippen molar-refractivity contribution in [1.29, 1.82) is 5.26 Å². The smallest absolute Gasteiger partial charge is 0.132 e. The molecule has 0 saturated carbocycles. The Hall–Kier alpha value is -1.58. The summed E-state index contributed by atoms with van der Waals surface area (Å²) in [6.07, 6.45) is 0.344. The summed E-state index contributed by atoms with van der Waals surface area (Å²) in [6.45, 7) is 0. The normalized spacial score (nSPS) is 10.0. The Morgan fingerprint density at radius 3 is 2.79 bits per heavy atom. The minimum Gasteiger partial charge on any atom is -0.497 e. The first-order valence-electron chi connectivity index (χ1n) is 5.44. The highest BCUT2D eigenvalue weighted by Crippen LogP contribution is 2.38. The van der Waals surface area contributed by atoms with E-state index >= 15 is 0 Å². The quantitative estimate of drug-likeness (QED) is 0.853. The molecule has 0 aliphatic carbocycles. The maximum absolute atomic E-state index is 8.76. The molecule has 0 saturated heterocycles. The SMILES string of the molecule is COc1ccc(-c2nc(Br)c(CC#N)s2)c(OC)c1. The summed E-state index contributed by atoms with van der Waals surface area (Å²) < 4.78 is 11.2. The van der Waals surface area contributed by atoms with Gasteiger partial charge in [0.25, 0.3) is 0 Å². The highest BCUT2D eigenvalue weighted by atomic mass is 79.9. The van der Waals surface area contributed by atoms with Gasteiger partial charge in [0.15, 0.2) is 0 Å². The third-order valence-corrected chi connectivity index (χ3v) is 4.54. The summed E-state index contributed by atoms with van der Waals surface area (Å²) in [5.41, 5.74) is 0.887. The summed E-state index contributed by atoms with van der Waals surface area (Å²) >= 11 is 4.85. The van der Waals surface area contributed by atoms with Crippen LogP contribution in [0.3, 0.4) is 0 Å². The third kappa shape index (κ3) is 2.88. The van der Waals surface area contributed by atoms with Crippen molar-refractivity contribution in [2.24, 2.45) is 0 Å². The molecule has 0 N–H and O–H groups in total. The van der Waals surface area contributed by atoms with Crippen LogP contribution in [-0.4, -0.2) is 19.2 Å². The van der Waals surface area contributed by atoms with Crippen LogP contribution in [0.15, 0.2) is 22.8 Å². The highest BCUT2D eigenvalue weighted by molar-refractivity contribution is 9.10. The number of benzene rings is 1. The zero-order valence-corrected chi connectivity index (χ0v) is 12.8. The van der Waals surface area contributed by atoms with Crippen molar-refractivity contribution in [1.82, 2.24) is 4.98 Å². The fourth-order valence-electron chi connectivity index (χ4n) is 1.60. The van der Waals surface area contributed by atoms with Crippen LogP contribution in [0.4, 0.5) is 0 Å². The molecular formula is C13H11BrN2O2S. The molecule has 0 aliphatic heterocycles. The monoisotopic (exact) mass is 338 g/mol. The number of ether oxygens (including phenoxy) is 2. The minimum atomic E-state index is 0.344. The van der Waals surface area contributed by atoms with E-state index in [0.717, 1.165) is 21.2 Å². The molecule has 0 unspecified atom stereocenters. The number of nitrogens with zero attached hydrogens (tertiary/aromatic N) is 2. The Morgan fingerprint density at radius 2 is 2.16 bits per heavy atom. The standard InChI is InChI=1S/C13H11BrN2O2S/c1-17-8-3-4-9(10(7-8)18-2)13-16-12(14)11(19-13)5-6-15/h3-4,7H,5H2,1-2H3. The average Bonchev–Trinajstić information content (AvgIpc) is 2.79. The molecule has 0 fully saturated rings. The van der Waals surface area contributed by atoms with Crippen LogP contribution >= 0.6 is 27.3 Å². The Labute approximate surface area is 123 Å². The Balaban J connectivity index is 2.47. The van der Waals surface area contributed by atoms with Gasteiger partial charge in [0.2, 0.25) is 0 Å². The number of rotatable bonds is 4. The molecule has 0 aliphatic rings. The molecule has 0 radical (unpaired) electrons. The number of nitriles is 1. The second-order valence-electron chi connectivity index (χ2n) is 3.63. The van der Waals surface area contributed by atoms with Gasteiger partial charge in [-0.2, -0.15) is 5.26 Å². The topological polar surface area (TPSA) is 55.1 Å². The van der Waals surface area contributed by atoms with Crippen LogP contribution in [0.1, 0.15) is 4.88 Å². The van der Waals surface area contributed by atoms with Gasteiger partial charge in [0.05, 0.1) is 37.2 Å². The third-order valence-electron chi connectivity index (χ3n) is 2.53. The van der Waals surface area contributed by atoms with Gasteiger partial charge in [-0.25, -0.2) is 4.98 Å². The number of halogens is 1. The minimum absolute atomic E-state index is 0.344. The van der Waals surface area contributed by atoms with Crippen molar-refractivity contribution in [2.45, 2.75) is 6.42 Å². The molecule has 6 heteroatoms. The lowest BCUT2D eigenvalue weighted by atomic mass is 10.2. The van der Waals surface area contributed by atoms with Gasteiger partial charge in [-0.1, -0.05) is 0 Å². The van der Waals surface area contributed by atoms with Gasteiger partial charge in [0, 0.05) is 6.07 Å². The fourth-order valence-corrected chi connectivity index (χ4v) is 3.20. The Morgan fingerprint density at radius 1 is 1.37 bits per heavy atom. The number of hydrogen-bond acceptors (Lipinski definition) is 5. The van der Waals surface area contributed by atoms with E-state index in [1.165, 1.54) is 11.3 Å². The first kappa shape index (κ1) is 13.8. The predicted molar refractivity (Wildman–Crippen MR) is 77.7 cm³/mol. The summed E-state index contributed by atoms with van der Waals surface area (Å²) in [6, 6.07) is 7.70. The maximum atomic E-state index is 8.76. The lowest BCUT2D eigenvalue weighted by molar-refractivity contribution is 0.395. The summed E-state index contributed by atoms with van der Waals surface area (Å²) in [7, 11) is 3.22. The van der Waals surface area contributed by atoms with Crippen LogP contribution in [-0.2, 0) is 6.42 Å². The van der Waals surface area contributed by atoms with Crippen molar-refractivity contribution in [3.8, 4) is 28.1 Å². The molecule has 0 spiro atoms. The molecule has 0 atom stereocenters. The highest BCUT2D eigenvalue weighted by Gasteiger charge is 2.14. The van der Waals surface area contributed by atoms with Gasteiger partial charge in [-0.05, 0) is 28.1 Å². The van der Waals surface area contributed by atoms with E-state index in [0.29, 0.717) is 16.8 Å². The van der Waals surface area contributed by atoms with Crippen molar-refractivity contribution in [3.05, 3.63) is 27.7 Å². The summed E-state index contributed by atoms with van der Waals surface area (Å²) in [4.78, 5) is 5.34. The van der Waals surface area contributed by atoms with Crippen LogP contribution in [0, 0.1) is 11.3 Å². The molecule has 98 valence electrons.